The highest BCUT2D eigenvalue weighted by atomic mass is 79.9. The van der Waals surface area contributed by atoms with Gasteiger partial charge in [0.1, 0.15) is 5.75 Å². The predicted octanol–water partition coefficient (Wildman–Crippen LogP) is 4.40. The Morgan fingerprint density at radius 2 is 1.85 bits per heavy atom. The second-order valence-electron chi connectivity index (χ2n) is 5.06. The molecule has 0 radical (unpaired) electrons. The van der Waals surface area contributed by atoms with Crippen LogP contribution in [0.5, 0.6) is 5.75 Å². The maximum absolute atomic E-state index is 6.29. The highest BCUT2D eigenvalue weighted by molar-refractivity contribution is 9.10. The third-order valence-electron chi connectivity index (χ3n) is 3.40. The summed E-state index contributed by atoms with van der Waals surface area (Å²) in [6, 6.07) is 14.6. The van der Waals surface area contributed by atoms with Gasteiger partial charge in [0.15, 0.2) is 0 Å². The van der Waals surface area contributed by atoms with Crippen LogP contribution < -0.4 is 10.5 Å². The fourth-order valence-electron chi connectivity index (χ4n) is 2.26. The molecule has 0 heterocycles. The number of hydrogen-bond acceptors (Lipinski definition) is 2. The Bertz CT molecular complexity index is 545. The highest BCUT2D eigenvalue weighted by Gasteiger charge is 2.08. The smallest absolute Gasteiger partial charge is 0.118 e. The van der Waals surface area contributed by atoms with Crippen molar-refractivity contribution >= 4 is 15.9 Å². The molecule has 2 aromatic rings. The van der Waals surface area contributed by atoms with Crippen LogP contribution in [-0.4, -0.2) is 7.11 Å². The minimum atomic E-state index is 0.0632. The van der Waals surface area contributed by atoms with E-state index in [4.69, 9.17) is 10.5 Å². The van der Waals surface area contributed by atoms with Gasteiger partial charge in [-0.25, -0.2) is 0 Å². The Kier molecular flexibility index (Phi) is 5.21. The highest BCUT2D eigenvalue weighted by Crippen LogP contribution is 2.23. The number of aryl methyl sites for hydroxylation is 2. The van der Waals surface area contributed by atoms with E-state index in [0.717, 1.165) is 23.1 Å². The molecule has 0 aliphatic rings. The summed E-state index contributed by atoms with van der Waals surface area (Å²) in [7, 11) is 1.68. The third-order valence-corrected chi connectivity index (χ3v) is 3.85. The van der Waals surface area contributed by atoms with Gasteiger partial charge in [-0.05, 0) is 60.7 Å². The van der Waals surface area contributed by atoms with E-state index >= 15 is 0 Å². The van der Waals surface area contributed by atoms with E-state index in [0.29, 0.717) is 0 Å². The number of methoxy groups -OCH3 is 1. The fraction of sp³-hybridized carbons (Fsp3) is 0.294. The van der Waals surface area contributed by atoms with Crippen molar-refractivity contribution in [1.29, 1.82) is 0 Å². The van der Waals surface area contributed by atoms with Crippen molar-refractivity contribution in [3.63, 3.8) is 0 Å². The lowest BCUT2D eigenvalue weighted by Crippen LogP contribution is -2.11. The second kappa shape index (κ2) is 6.91. The number of nitrogens with two attached hydrogens (primary N) is 1. The van der Waals surface area contributed by atoms with E-state index in [1.807, 2.05) is 12.1 Å². The summed E-state index contributed by atoms with van der Waals surface area (Å²) in [6.45, 7) is 2.09. The van der Waals surface area contributed by atoms with Crippen LogP contribution in [0.25, 0.3) is 0 Å². The summed E-state index contributed by atoms with van der Waals surface area (Å²) >= 11 is 3.52. The average Bonchev–Trinajstić information content (AvgIpc) is 2.44. The molecule has 0 amide bonds. The van der Waals surface area contributed by atoms with E-state index in [2.05, 4.69) is 53.2 Å². The molecule has 2 aromatic carbocycles. The third kappa shape index (κ3) is 4.09. The summed E-state index contributed by atoms with van der Waals surface area (Å²) in [5, 5.41) is 0. The van der Waals surface area contributed by atoms with Gasteiger partial charge in [0.2, 0.25) is 0 Å². The first kappa shape index (κ1) is 15.1. The number of rotatable bonds is 5. The molecule has 3 heteroatoms. The summed E-state index contributed by atoms with van der Waals surface area (Å²) in [4.78, 5) is 0. The zero-order valence-corrected chi connectivity index (χ0v) is 13.5. The molecule has 0 fully saturated rings. The van der Waals surface area contributed by atoms with E-state index < -0.39 is 0 Å². The first-order valence-electron chi connectivity index (χ1n) is 6.74. The Balaban J connectivity index is 1.98. The van der Waals surface area contributed by atoms with E-state index in [9.17, 15) is 0 Å². The van der Waals surface area contributed by atoms with Crippen LogP contribution in [0.4, 0.5) is 0 Å². The molecular weight excluding hydrogens is 314 g/mol. The lowest BCUT2D eigenvalue weighted by atomic mass is 9.98. The predicted molar refractivity (Wildman–Crippen MR) is 87.1 cm³/mol. The van der Waals surface area contributed by atoms with Gasteiger partial charge in [-0.1, -0.05) is 34.1 Å². The lowest BCUT2D eigenvalue weighted by Gasteiger charge is -2.13. The Labute approximate surface area is 129 Å². The van der Waals surface area contributed by atoms with Crippen LogP contribution >= 0.6 is 15.9 Å². The first-order valence-corrected chi connectivity index (χ1v) is 7.53. The molecule has 0 saturated heterocycles. The Hall–Kier alpha value is -1.32. The SMILES string of the molecule is COc1ccc(CCC(N)c2cc(C)cc(Br)c2)cc1. The molecule has 106 valence electrons. The van der Waals surface area contributed by atoms with Crippen molar-refractivity contribution in [2.24, 2.45) is 5.73 Å². The van der Waals surface area contributed by atoms with Gasteiger partial charge in [-0.3, -0.25) is 0 Å². The van der Waals surface area contributed by atoms with E-state index in [1.54, 1.807) is 7.11 Å². The Morgan fingerprint density at radius 3 is 2.45 bits per heavy atom. The topological polar surface area (TPSA) is 35.2 Å². The maximum atomic E-state index is 6.29. The van der Waals surface area contributed by atoms with Crippen LogP contribution in [-0.2, 0) is 6.42 Å². The molecule has 0 aliphatic carbocycles. The molecule has 2 rings (SSSR count). The standard InChI is InChI=1S/C17H20BrNO/c1-12-9-14(11-15(18)10-12)17(19)8-5-13-3-6-16(20-2)7-4-13/h3-4,6-7,9-11,17H,5,8,19H2,1-2H3. The summed E-state index contributed by atoms with van der Waals surface area (Å²) in [5.41, 5.74) is 9.99. The first-order chi connectivity index (χ1) is 9.58. The zero-order chi connectivity index (χ0) is 14.5. The molecule has 20 heavy (non-hydrogen) atoms. The van der Waals surface area contributed by atoms with Crippen molar-refractivity contribution in [1.82, 2.24) is 0 Å². The van der Waals surface area contributed by atoms with Gasteiger partial charge in [0, 0.05) is 10.5 Å². The molecule has 2 N–H and O–H groups in total. The largest absolute Gasteiger partial charge is 0.497 e. The number of benzene rings is 2. The second-order valence-corrected chi connectivity index (χ2v) is 5.97. The molecule has 0 bridgehead atoms. The molecule has 1 atom stereocenters. The summed E-state index contributed by atoms with van der Waals surface area (Å²) in [5.74, 6) is 0.890. The van der Waals surface area contributed by atoms with Gasteiger partial charge in [0.25, 0.3) is 0 Å². The molecule has 0 spiro atoms. The van der Waals surface area contributed by atoms with E-state index in [-0.39, 0.29) is 6.04 Å². The average molecular weight is 334 g/mol. The van der Waals surface area contributed by atoms with Crippen LogP contribution in [0.1, 0.15) is 29.2 Å². The van der Waals surface area contributed by atoms with Gasteiger partial charge >= 0.3 is 0 Å². The zero-order valence-electron chi connectivity index (χ0n) is 11.9. The van der Waals surface area contributed by atoms with Crippen molar-refractivity contribution < 1.29 is 4.74 Å². The molecule has 0 aromatic heterocycles. The lowest BCUT2D eigenvalue weighted by molar-refractivity contribution is 0.414. The number of halogens is 1. The normalized spacial score (nSPS) is 12.2. The van der Waals surface area contributed by atoms with Crippen LogP contribution in [0.3, 0.4) is 0 Å². The summed E-state index contributed by atoms with van der Waals surface area (Å²) < 4.78 is 6.25. The monoisotopic (exact) mass is 333 g/mol. The molecule has 2 nitrogen and oxygen atoms in total. The number of hydrogen-bond donors (Lipinski definition) is 1. The van der Waals surface area contributed by atoms with E-state index in [1.165, 1.54) is 16.7 Å². The van der Waals surface area contributed by atoms with Crippen molar-refractivity contribution in [2.75, 3.05) is 7.11 Å². The van der Waals surface area contributed by atoms with Gasteiger partial charge < -0.3 is 10.5 Å². The fourth-order valence-corrected chi connectivity index (χ4v) is 2.89. The number of ether oxygens (including phenoxy) is 1. The maximum Gasteiger partial charge on any atom is 0.118 e. The van der Waals surface area contributed by atoms with Crippen molar-refractivity contribution in [3.05, 3.63) is 63.6 Å². The minimum Gasteiger partial charge on any atom is -0.497 e. The van der Waals surface area contributed by atoms with Crippen LogP contribution in [0, 0.1) is 6.92 Å². The Morgan fingerprint density at radius 1 is 1.15 bits per heavy atom. The van der Waals surface area contributed by atoms with Gasteiger partial charge in [0.05, 0.1) is 7.11 Å². The molecule has 0 aliphatic heterocycles. The van der Waals surface area contributed by atoms with Gasteiger partial charge in [-0.15, -0.1) is 0 Å². The minimum absolute atomic E-state index is 0.0632. The molecule has 1 unspecified atom stereocenters. The summed E-state index contributed by atoms with van der Waals surface area (Å²) in [6.07, 6.45) is 1.90. The van der Waals surface area contributed by atoms with Crippen LogP contribution in [0.15, 0.2) is 46.9 Å². The van der Waals surface area contributed by atoms with Crippen molar-refractivity contribution in [3.8, 4) is 5.75 Å². The van der Waals surface area contributed by atoms with Crippen LogP contribution in [0.2, 0.25) is 0 Å². The van der Waals surface area contributed by atoms with Gasteiger partial charge in [-0.2, -0.15) is 0 Å². The quantitative estimate of drug-likeness (QED) is 0.880. The molecular formula is C17H20BrNO. The molecule has 0 saturated carbocycles. The van der Waals surface area contributed by atoms with Crippen molar-refractivity contribution in [2.45, 2.75) is 25.8 Å².